The van der Waals surface area contributed by atoms with Gasteiger partial charge >= 0.3 is 0 Å². The second kappa shape index (κ2) is 7.77. The van der Waals surface area contributed by atoms with Gasteiger partial charge in [0.2, 0.25) is 21.6 Å². The van der Waals surface area contributed by atoms with Gasteiger partial charge in [0.15, 0.2) is 4.91 Å². The Hall–Kier alpha value is -2.03. The van der Waals surface area contributed by atoms with Crippen LogP contribution in [0.2, 0.25) is 0 Å². The zero-order valence-electron chi connectivity index (χ0n) is 15.7. The van der Waals surface area contributed by atoms with Crippen LogP contribution in [-0.2, 0) is 14.8 Å². The number of likely N-dealkylation sites (tertiary alicyclic amines) is 1. The van der Waals surface area contributed by atoms with Gasteiger partial charge in [-0.1, -0.05) is 37.1 Å². The lowest BCUT2D eigenvalue weighted by molar-refractivity contribution is 0.0730. The van der Waals surface area contributed by atoms with Crippen molar-refractivity contribution in [3.05, 3.63) is 46.0 Å². The van der Waals surface area contributed by atoms with Crippen LogP contribution in [0.3, 0.4) is 0 Å². The molecule has 0 amide bonds. The maximum Gasteiger partial charge on any atom is 0.249 e. The number of rotatable bonds is 3. The average molecular weight is 404 g/mol. The Bertz CT molecular complexity index is 924. The maximum atomic E-state index is 13.5. The highest BCUT2D eigenvalue weighted by molar-refractivity contribution is 7.94. The molecule has 8 heteroatoms. The van der Waals surface area contributed by atoms with Gasteiger partial charge in [0.1, 0.15) is 5.70 Å². The molecular formula is C20H24N2O5S. The molecule has 150 valence electrons. The quantitative estimate of drug-likeness (QED) is 0.764. The third-order valence-corrected chi connectivity index (χ3v) is 7.48. The Balaban J connectivity index is 1.88. The number of sulfonamides is 1. The number of ketones is 2. The Morgan fingerprint density at radius 3 is 1.96 bits per heavy atom. The van der Waals surface area contributed by atoms with E-state index in [2.05, 4.69) is 0 Å². The summed E-state index contributed by atoms with van der Waals surface area (Å²) in [5.74, 6) is -0.954. The highest BCUT2D eigenvalue weighted by Gasteiger charge is 2.43. The molecule has 4 rings (SSSR count). The zero-order valence-corrected chi connectivity index (χ0v) is 16.5. The fourth-order valence-electron chi connectivity index (χ4n) is 4.08. The predicted octanol–water partition coefficient (Wildman–Crippen LogP) is 1.82. The molecule has 28 heavy (non-hydrogen) atoms. The first kappa shape index (κ1) is 19.3. The van der Waals surface area contributed by atoms with Crippen molar-refractivity contribution in [3.63, 3.8) is 0 Å². The van der Waals surface area contributed by atoms with Crippen LogP contribution >= 0.6 is 0 Å². The van der Waals surface area contributed by atoms with E-state index in [1.807, 2.05) is 4.90 Å². The molecule has 0 unspecified atom stereocenters. The summed E-state index contributed by atoms with van der Waals surface area (Å²) in [6.45, 7) is 2.09. The van der Waals surface area contributed by atoms with E-state index in [1.54, 1.807) is 18.2 Å². The van der Waals surface area contributed by atoms with E-state index >= 15 is 0 Å². The van der Waals surface area contributed by atoms with Crippen molar-refractivity contribution in [2.24, 2.45) is 0 Å². The summed E-state index contributed by atoms with van der Waals surface area (Å²) in [5.41, 5.74) is 0.502. The number of fused-ring (bicyclic) bond motifs is 1. The normalized spacial score (nSPS) is 22.2. The minimum atomic E-state index is -4.10. The maximum absolute atomic E-state index is 13.5. The monoisotopic (exact) mass is 404 g/mol. The number of carbonyl (C=O) groups is 2. The minimum Gasteiger partial charge on any atom is -0.379 e. The Kier molecular flexibility index (Phi) is 5.35. The Morgan fingerprint density at radius 2 is 1.36 bits per heavy atom. The Labute approximate surface area is 165 Å². The molecule has 1 aliphatic carbocycles. The molecule has 2 heterocycles. The van der Waals surface area contributed by atoms with Gasteiger partial charge in [0.25, 0.3) is 0 Å². The van der Waals surface area contributed by atoms with Gasteiger partial charge in [-0.25, -0.2) is 8.42 Å². The second-order valence-corrected chi connectivity index (χ2v) is 9.17. The molecule has 0 atom stereocenters. The molecular weight excluding hydrogens is 380 g/mol. The van der Waals surface area contributed by atoms with Crippen molar-refractivity contribution in [3.8, 4) is 0 Å². The molecule has 0 aromatic heterocycles. The van der Waals surface area contributed by atoms with E-state index in [0.717, 1.165) is 25.7 Å². The van der Waals surface area contributed by atoms with Crippen LogP contribution in [0.4, 0.5) is 0 Å². The molecule has 0 radical (unpaired) electrons. The highest BCUT2D eigenvalue weighted by Crippen LogP contribution is 2.34. The number of hydrogen-bond acceptors (Lipinski definition) is 6. The number of allylic oxidation sites excluding steroid dienone is 2. The van der Waals surface area contributed by atoms with Crippen LogP contribution in [-0.4, -0.2) is 68.6 Å². The van der Waals surface area contributed by atoms with Crippen molar-refractivity contribution >= 4 is 21.6 Å². The van der Waals surface area contributed by atoms with Crippen LogP contribution in [0.15, 0.2) is 34.9 Å². The summed E-state index contributed by atoms with van der Waals surface area (Å²) in [6.07, 6.45) is 3.82. The van der Waals surface area contributed by atoms with Gasteiger partial charge in [0.05, 0.1) is 13.2 Å². The largest absolute Gasteiger partial charge is 0.379 e. The number of Topliss-reactive ketones (excluding diaryl/α,β-unsaturated/α-hetero) is 2. The first-order chi connectivity index (χ1) is 13.5. The molecule has 0 N–H and O–H groups in total. The predicted molar refractivity (Wildman–Crippen MR) is 103 cm³/mol. The highest BCUT2D eigenvalue weighted by atomic mass is 32.2. The lowest BCUT2D eigenvalue weighted by Gasteiger charge is -2.33. The van der Waals surface area contributed by atoms with E-state index in [0.29, 0.717) is 13.1 Å². The third-order valence-electron chi connectivity index (χ3n) is 5.54. The lowest BCUT2D eigenvalue weighted by Crippen LogP contribution is -2.45. The number of nitrogens with zero attached hydrogens (tertiary/aromatic N) is 2. The fraction of sp³-hybridized carbons (Fsp3) is 0.500. The average Bonchev–Trinajstić information content (AvgIpc) is 3.00. The Morgan fingerprint density at radius 1 is 0.786 bits per heavy atom. The number of hydrogen-bond donors (Lipinski definition) is 0. The van der Waals surface area contributed by atoms with E-state index in [4.69, 9.17) is 4.74 Å². The molecule has 1 aromatic carbocycles. The number of benzene rings is 1. The van der Waals surface area contributed by atoms with E-state index in [1.165, 1.54) is 10.4 Å². The van der Waals surface area contributed by atoms with Crippen molar-refractivity contribution in [2.45, 2.75) is 25.7 Å². The van der Waals surface area contributed by atoms with Crippen molar-refractivity contribution in [1.29, 1.82) is 0 Å². The summed E-state index contributed by atoms with van der Waals surface area (Å²) >= 11 is 0. The van der Waals surface area contributed by atoms with Gasteiger partial charge in [-0.3, -0.25) is 9.59 Å². The molecule has 1 aromatic rings. The topological polar surface area (TPSA) is 84.0 Å². The first-order valence-electron chi connectivity index (χ1n) is 9.77. The standard InChI is InChI=1S/C20H24N2O5S/c23-18-15-7-3-4-8-16(15)19(24)20(17(18)21-9-5-1-2-6-10-21)28(25,26)22-11-13-27-14-12-22/h3-4,7-8H,1-2,5-6,9-14H2. The molecule has 2 aliphatic heterocycles. The van der Waals surface area contributed by atoms with Crippen molar-refractivity contribution < 1.29 is 22.7 Å². The van der Waals surface area contributed by atoms with Gasteiger partial charge in [-0.2, -0.15) is 4.31 Å². The minimum absolute atomic E-state index is 0.0529. The summed E-state index contributed by atoms with van der Waals surface area (Å²) < 4.78 is 33.4. The molecule has 0 saturated carbocycles. The molecule has 2 saturated heterocycles. The molecule has 2 fully saturated rings. The van der Waals surface area contributed by atoms with Gasteiger partial charge in [0, 0.05) is 37.3 Å². The smallest absolute Gasteiger partial charge is 0.249 e. The molecule has 7 nitrogen and oxygen atoms in total. The fourth-order valence-corrected chi connectivity index (χ4v) is 5.77. The zero-order chi connectivity index (χ0) is 19.7. The van der Waals surface area contributed by atoms with E-state index in [9.17, 15) is 18.0 Å². The SMILES string of the molecule is O=C1C(N2CCCCCC2)=C(S(=O)(=O)N2CCOCC2)C(=O)c2ccccc21. The van der Waals surface area contributed by atoms with Gasteiger partial charge in [-0.05, 0) is 12.8 Å². The summed E-state index contributed by atoms with van der Waals surface area (Å²) in [7, 11) is -4.10. The summed E-state index contributed by atoms with van der Waals surface area (Å²) in [4.78, 5) is 28.1. The van der Waals surface area contributed by atoms with Crippen molar-refractivity contribution in [2.75, 3.05) is 39.4 Å². The second-order valence-electron chi connectivity index (χ2n) is 7.30. The summed E-state index contributed by atoms with van der Waals surface area (Å²) in [5, 5.41) is 0. The van der Waals surface area contributed by atoms with Crippen LogP contribution in [0.25, 0.3) is 0 Å². The van der Waals surface area contributed by atoms with Gasteiger partial charge < -0.3 is 9.64 Å². The molecule has 0 spiro atoms. The van der Waals surface area contributed by atoms with Crippen LogP contribution in [0, 0.1) is 0 Å². The van der Waals surface area contributed by atoms with E-state index in [-0.39, 0.29) is 53.8 Å². The number of morpholine rings is 1. The van der Waals surface area contributed by atoms with Crippen LogP contribution in [0.1, 0.15) is 46.4 Å². The van der Waals surface area contributed by atoms with Crippen LogP contribution in [0.5, 0.6) is 0 Å². The van der Waals surface area contributed by atoms with E-state index < -0.39 is 15.8 Å². The van der Waals surface area contributed by atoms with Gasteiger partial charge in [-0.15, -0.1) is 0 Å². The molecule has 3 aliphatic rings. The lowest BCUT2D eigenvalue weighted by atomic mass is 9.91. The summed E-state index contributed by atoms with van der Waals surface area (Å²) in [6, 6.07) is 6.49. The number of ether oxygens (including phenoxy) is 1. The number of carbonyl (C=O) groups excluding carboxylic acids is 2. The van der Waals surface area contributed by atoms with Crippen LogP contribution < -0.4 is 0 Å². The third kappa shape index (κ3) is 3.29. The first-order valence-corrected chi connectivity index (χ1v) is 11.2. The molecule has 0 bridgehead atoms. The van der Waals surface area contributed by atoms with Crippen molar-refractivity contribution in [1.82, 2.24) is 9.21 Å².